The average molecular weight is 405 g/mol. The molecule has 1 N–H and O–H groups in total. The molecule has 8 heteroatoms. The van der Waals surface area contributed by atoms with Gasteiger partial charge >= 0.3 is 11.9 Å². The molecule has 0 saturated heterocycles. The minimum absolute atomic E-state index is 0.148. The summed E-state index contributed by atoms with van der Waals surface area (Å²) in [7, 11) is -1.38. The van der Waals surface area contributed by atoms with E-state index in [0.29, 0.717) is 21.7 Å². The van der Waals surface area contributed by atoms with Crippen molar-refractivity contribution in [2.45, 2.75) is 38.7 Å². The molecule has 0 aliphatic heterocycles. The molecule has 0 aliphatic rings. The molecule has 28 heavy (non-hydrogen) atoms. The van der Waals surface area contributed by atoms with Crippen molar-refractivity contribution >= 4 is 28.5 Å². The molecule has 0 radical (unpaired) electrons. The fourth-order valence-electron chi connectivity index (χ4n) is 2.87. The second-order valence-corrected chi connectivity index (χ2v) is 7.56. The molecule has 1 aromatic heterocycles. The van der Waals surface area contributed by atoms with Gasteiger partial charge in [-0.15, -0.1) is 0 Å². The van der Waals surface area contributed by atoms with E-state index in [1.165, 1.54) is 19.2 Å². The number of nitrogens with one attached hydrogen (secondary N) is 1. The monoisotopic (exact) mass is 405 g/mol. The Morgan fingerprint density at radius 2 is 1.79 bits per heavy atom. The summed E-state index contributed by atoms with van der Waals surface area (Å²) in [6.45, 7) is 6.67. The number of esters is 2. The summed E-state index contributed by atoms with van der Waals surface area (Å²) < 4.78 is 22.1. The van der Waals surface area contributed by atoms with Crippen molar-refractivity contribution in [3.8, 4) is 0 Å². The van der Waals surface area contributed by atoms with E-state index in [9.17, 15) is 18.6 Å². The van der Waals surface area contributed by atoms with Crippen molar-refractivity contribution in [3.05, 3.63) is 52.3 Å². The standard InChI is InChI=1S/C20H23NO6S/c1-6-26-20(24)16-11(2)17(21-12(16)3)18(22)13(4)27-19(23)14-9-7-8-10-15(14)28(5)25/h7-10,13,21H,6H2,1-5H3/t13-,28+/m1/s1. The van der Waals surface area contributed by atoms with Crippen LogP contribution in [0.2, 0.25) is 0 Å². The Labute approximate surface area is 165 Å². The lowest BCUT2D eigenvalue weighted by Gasteiger charge is -2.13. The first kappa shape index (κ1) is 21.6. The zero-order chi connectivity index (χ0) is 21.0. The molecule has 0 fully saturated rings. The Morgan fingerprint density at radius 3 is 2.39 bits per heavy atom. The molecule has 1 heterocycles. The van der Waals surface area contributed by atoms with Crippen molar-refractivity contribution in [2.24, 2.45) is 0 Å². The highest BCUT2D eigenvalue weighted by atomic mass is 32.2. The third-order valence-electron chi connectivity index (χ3n) is 4.23. The summed E-state index contributed by atoms with van der Waals surface area (Å²) >= 11 is 0. The molecule has 1 aromatic carbocycles. The normalized spacial score (nSPS) is 12.9. The number of aromatic nitrogens is 1. The molecule has 0 spiro atoms. The zero-order valence-corrected chi connectivity index (χ0v) is 17.3. The van der Waals surface area contributed by atoms with Gasteiger partial charge in [0.2, 0.25) is 5.78 Å². The predicted molar refractivity (Wildman–Crippen MR) is 104 cm³/mol. The van der Waals surface area contributed by atoms with E-state index in [2.05, 4.69) is 4.98 Å². The van der Waals surface area contributed by atoms with Crippen LogP contribution in [0.5, 0.6) is 0 Å². The minimum Gasteiger partial charge on any atom is -0.462 e. The summed E-state index contributed by atoms with van der Waals surface area (Å²) in [5.41, 5.74) is 1.58. The Kier molecular flexibility index (Phi) is 6.90. The Hall–Kier alpha value is -2.74. The second kappa shape index (κ2) is 8.97. The number of aromatic amines is 1. The number of rotatable bonds is 7. The van der Waals surface area contributed by atoms with Gasteiger partial charge in [0.05, 0.1) is 39.1 Å². The molecule has 2 aromatic rings. The number of H-pyrrole nitrogens is 1. The van der Waals surface area contributed by atoms with Gasteiger partial charge in [-0.05, 0) is 45.4 Å². The fraction of sp³-hybridized carbons (Fsp3) is 0.350. The van der Waals surface area contributed by atoms with E-state index in [0.717, 1.165) is 0 Å². The first-order valence-electron chi connectivity index (χ1n) is 8.72. The van der Waals surface area contributed by atoms with Crippen LogP contribution < -0.4 is 0 Å². The molecule has 0 unspecified atom stereocenters. The quantitative estimate of drug-likeness (QED) is 0.561. The van der Waals surface area contributed by atoms with E-state index >= 15 is 0 Å². The van der Waals surface area contributed by atoms with Gasteiger partial charge in [0.1, 0.15) is 0 Å². The van der Waals surface area contributed by atoms with Crippen LogP contribution in [-0.4, -0.2) is 45.9 Å². The molecule has 0 bridgehead atoms. The molecule has 2 rings (SSSR count). The number of hydrogen-bond acceptors (Lipinski definition) is 6. The first-order chi connectivity index (χ1) is 13.2. The summed E-state index contributed by atoms with van der Waals surface area (Å²) in [4.78, 5) is 40.6. The van der Waals surface area contributed by atoms with Crippen LogP contribution in [0.25, 0.3) is 0 Å². The van der Waals surface area contributed by atoms with E-state index in [-0.39, 0.29) is 17.9 Å². The molecule has 7 nitrogen and oxygen atoms in total. The van der Waals surface area contributed by atoms with Gasteiger partial charge in [0.15, 0.2) is 6.10 Å². The van der Waals surface area contributed by atoms with Crippen LogP contribution in [0.4, 0.5) is 0 Å². The number of Topliss-reactive ketones (excluding diaryl/α,β-unsaturated/α-hetero) is 1. The van der Waals surface area contributed by atoms with Crippen LogP contribution in [0.3, 0.4) is 0 Å². The average Bonchev–Trinajstić information content (AvgIpc) is 2.95. The number of ketones is 1. The molecular formula is C20H23NO6S. The number of hydrogen-bond donors (Lipinski definition) is 1. The number of ether oxygens (including phenoxy) is 2. The van der Waals surface area contributed by atoms with Crippen molar-refractivity contribution in [2.75, 3.05) is 12.9 Å². The van der Waals surface area contributed by atoms with E-state index in [4.69, 9.17) is 9.47 Å². The molecule has 150 valence electrons. The van der Waals surface area contributed by atoms with Gasteiger partial charge in [0, 0.05) is 11.9 Å². The van der Waals surface area contributed by atoms with E-state index in [1.54, 1.807) is 39.0 Å². The van der Waals surface area contributed by atoms with Crippen molar-refractivity contribution in [3.63, 3.8) is 0 Å². The van der Waals surface area contributed by atoms with Crippen molar-refractivity contribution in [1.29, 1.82) is 0 Å². The Balaban J connectivity index is 2.24. The van der Waals surface area contributed by atoms with Crippen molar-refractivity contribution < 1.29 is 28.1 Å². The van der Waals surface area contributed by atoms with Gasteiger partial charge < -0.3 is 14.5 Å². The maximum absolute atomic E-state index is 12.8. The van der Waals surface area contributed by atoms with Crippen LogP contribution in [0.1, 0.15) is 56.3 Å². The second-order valence-electron chi connectivity index (χ2n) is 6.21. The summed E-state index contributed by atoms with van der Waals surface area (Å²) in [6.07, 6.45) is 0.362. The third-order valence-corrected chi connectivity index (χ3v) is 5.21. The zero-order valence-electron chi connectivity index (χ0n) is 16.5. The lowest BCUT2D eigenvalue weighted by Crippen LogP contribution is -2.26. The topological polar surface area (TPSA) is 103 Å². The lowest BCUT2D eigenvalue weighted by atomic mass is 10.1. The van der Waals surface area contributed by atoms with E-state index in [1.807, 2.05) is 0 Å². The number of benzene rings is 1. The highest BCUT2D eigenvalue weighted by molar-refractivity contribution is 7.84. The molecule has 0 aliphatic carbocycles. The lowest BCUT2D eigenvalue weighted by molar-refractivity contribution is 0.0313. The van der Waals surface area contributed by atoms with Crippen LogP contribution in [0.15, 0.2) is 29.2 Å². The molecule has 0 amide bonds. The van der Waals surface area contributed by atoms with Gasteiger partial charge in [-0.2, -0.15) is 0 Å². The Morgan fingerprint density at radius 1 is 1.14 bits per heavy atom. The fourth-order valence-corrected chi connectivity index (χ4v) is 3.60. The maximum atomic E-state index is 12.8. The van der Waals surface area contributed by atoms with Gasteiger partial charge in [0.25, 0.3) is 0 Å². The molecule has 2 atom stereocenters. The predicted octanol–water partition coefficient (Wildman–Crippen LogP) is 2.97. The SMILES string of the molecule is CCOC(=O)c1c(C)[nH]c(C(=O)[C@@H](C)OC(=O)c2ccccc2[S@](C)=O)c1C. The summed E-state index contributed by atoms with van der Waals surface area (Å²) in [5, 5.41) is 0. The molecular weight excluding hydrogens is 382 g/mol. The smallest absolute Gasteiger partial charge is 0.340 e. The van der Waals surface area contributed by atoms with Crippen LogP contribution in [-0.2, 0) is 20.3 Å². The van der Waals surface area contributed by atoms with Crippen molar-refractivity contribution in [1.82, 2.24) is 4.98 Å². The Bertz CT molecular complexity index is 946. The third kappa shape index (κ3) is 4.39. The van der Waals surface area contributed by atoms with Gasteiger partial charge in [-0.3, -0.25) is 9.00 Å². The number of carbonyl (C=O) groups is 3. The first-order valence-corrected chi connectivity index (χ1v) is 10.3. The highest BCUT2D eigenvalue weighted by Gasteiger charge is 2.28. The van der Waals surface area contributed by atoms with Gasteiger partial charge in [-0.25, -0.2) is 9.59 Å². The number of aryl methyl sites for hydroxylation is 1. The highest BCUT2D eigenvalue weighted by Crippen LogP contribution is 2.22. The largest absolute Gasteiger partial charge is 0.462 e. The van der Waals surface area contributed by atoms with Crippen LogP contribution >= 0.6 is 0 Å². The summed E-state index contributed by atoms with van der Waals surface area (Å²) in [5.74, 6) is -1.73. The summed E-state index contributed by atoms with van der Waals surface area (Å²) in [6, 6.07) is 6.37. The van der Waals surface area contributed by atoms with E-state index < -0.39 is 34.6 Å². The van der Waals surface area contributed by atoms with Gasteiger partial charge in [-0.1, -0.05) is 12.1 Å². The number of carbonyl (C=O) groups excluding carboxylic acids is 3. The minimum atomic E-state index is -1.38. The maximum Gasteiger partial charge on any atom is 0.340 e. The molecule has 0 saturated carbocycles. The van der Waals surface area contributed by atoms with Crippen LogP contribution in [0, 0.1) is 13.8 Å².